The topological polar surface area (TPSA) is 24.9 Å². The molecule has 0 aliphatic rings. The van der Waals surface area contributed by atoms with Gasteiger partial charge in [-0.05, 0) is 23.3 Å². The molecule has 0 amide bonds. The van der Waals surface area contributed by atoms with Gasteiger partial charge in [0, 0.05) is 16.8 Å². The van der Waals surface area contributed by atoms with Gasteiger partial charge in [0.25, 0.3) is 0 Å². The van der Waals surface area contributed by atoms with Crippen molar-refractivity contribution < 1.29 is 0 Å². The Morgan fingerprint density at radius 3 is 2.55 bits per heavy atom. The van der Waals surface area contributed by atoms with E-state index >= 15 is 0 Å². The first-order chi connectivity index (χ1) is 9.81. The van der Waals surface area contributed by atoms with Crippen LogP contribution in [0.15, 0.2) is 60.8 Å². The highest BCUT2D eigenvalue weighted by Gasteiger charge is 2.01. The molecule has 3 aromatic rings. The molecule has 0 saturated carbocycles. The summed E-state index contributed by atoms with van der Waals surface area (Å²) >= 11 is 7.33. The van der Waals surface area contributed by atoms with Crippen LogP contribution < -0.4 is 5.32 Å². The quantitative estimate of drug-likeness (QED) is 0.727. The maximum Gasteiger partial charge on any atom is 0.183 e. The fourth-order valence-corrected chi connectivity index (χ4v) is 2.91. The minimum absolute atomic E-state index is 0.583. The van der Waals surface area contributed by atoms with Gasteiger partial charge in [0.1, 0.15) is 0 Å². The zero-order valence-electron chi connectivity index (χ0n) is 10.7. The number of aromatic nitrogens is 1. The number of hydrogen-bond donors (Lipinski definition) is 1. The Labute approximate surface area is 127 Å². The van der Waals surface area contributed by atoms with Crippen LogP contribution in [0.2, 0.25) is 4.47 Å². The normalized spacial score (nSPS) is 10.4. The molecule has 0 unspecified atom stereocenters. The van der Waals surface area contributed by atoms with Crippen molar-refractivity contribution in [1.29, 1.82) is 0 Å². The minimum atomic E-state index is 0.583. The van der Waals surface area contributed by atoms with Gasteiger partial charge in [-0.15, -0.1) is 11.3 Å². The number of halogens is 1. The molecule has 2 aromatic carbocycles. The van der Waals surface area contributed by atoms with E-state index in [-0.39, 0.29) is 0 Å². The molecule has 1 aromatic heterocycles. The summed E-state index contributed by atoms with van der Waals surface area (Å²) in [5.41, 5.74) is 3.52. The average molecular weight is 301 g/mol. The summed E-state index contributed by atoms with van der Waals surface area (Å²) in [5.74, 6) is 0. The molecular formula is C16H13ClN2S. The Balaban J connectivity index is 1.75. The molecule has 0 saturated heterocycles. The highest BCUT2D eigenvalue weighted by molar-refractivity contribution is 7.15. The minimum Gasteiger partial charge on any atom is -0.380 e. The lowest BCUT2D eigenvalue weighted by Gasteiger charge is -2.07. The second-order valence-corrected chi connectivity index (χ2v) is 6.08. The fraction of sp³-hybridized carbons (Fsp3) is 0.0625. The molecule has 4 heteroatoms. The molecule has 2 nitrogen and oxygen atoms in total. The summed E-state index contributed by atoms with van der Waals surface area (Å²) < 4.78 is 0.583. The maximum absolute atomic E-state index is 5.83. The van der Waals surface area contributed by atoms with E-state index in [0.29, 0.717) is 4.47 Å². The summed E-state index contributed by atoms with van der Waals surface area (Å²) in [6.45, 7) is 0.739. The Kier molecular flexibility index (Phi) is 4.00. The van der Waals surface area contributed by atoms with Crippen molar-refractivity contribution in [1.82, 2.24) is 4.98 Å². The van der Waals surface area contributed by atoms with E-state index in [2.05, 4.69) is 58.8 Å². The van der Waals surface area contributed by atoms with Crippen LogP contribution in [0.5, 0.6) is 0 Å². The molecule has 100 valence electrons. The molecule has 0 radical (unpaired) electrons. The molecule has 0 spiro atoms. The molecule has 20 heavy (non-hydrogen) atoms. The second kappa shape index (κ2) is 6.07. The van der Waals surface area contributed by atoms with Gasteiger partial charge in [-0.1, -0.05) is 54.1 Å². The first-order valence-corrected chi connectivity index (χ1v) is 7.50. The monoisotopic (exact) mass is 300 g/mol. The predicted molar refractivity (Wildman–Crippen MR) is 86.3 cm³/mol. The summed E-state index contributed by atoms with van der Waals surface area (Å²) in [4.78, 5) is 5.16. The van der Waals surface area contributed by atoms with Crippen molar-refractivity contribution in [2.75, 3.05) is 5.32 Å². The van der Waals surface area contributed by atoms with Gasteiger partial charge in [-0.2, -0.15) is 0 Å². The number of anilines is 1. The molecule has 0 fully saturated rings. The fourth-order valence-electron chi connectivity index (χ4n) is 1.99. The largest absolute Gasteiger partial charge is 0.380 e. The van der Waals surface area contributed by atoms with Gasteiger partial charge in [-0.25, -0.2) is 4.98 Å². The first kappa shape index (κ1) is 13.2. The molecule has 0 atom stereocenters. The van der Waals surface area contributed by atoms with Gasteiger partial charge in [-0.3, -0.25) is 0 Å². The van der Waals surface area contributed by atoms with Crippen molar-refractivity contribution in [3.8, 4) is 11.1 Å². The third-order valence-corrected chi connectivity index (χ3v) is 4.08. The Hall–Kier alpha value is -1.84. The molecule has 1 N–H and O–H groups in total. The lowest BCUT2D eigenvalue weighted by Crippen LogP contribution is -1.97. The summed E-state index contributed by atoms with van der Waals surface area (Å²) in [5, 5.41) is 3.40. The van der Waals surface area contributed by atoms with Crippen molar-refractivity contribution in [3.63, 3.8) is 0 Å². The number of hydrogen-bond acceptors (Lipinski definition) is 3. The number of thiazole rings is 1. The summed E-state index contributed by atoms with van der Waals surface area (Å²) in [6.07, 6.45) is 1.81. The first-order valence-electron chi connectivity index (χ1n) is 6.31. The Bertz CT molecular complexity index is 694. The van der Waals surface area contributed by atoms with Crippen LogP contribution >= 0.6 is 22.9 Å². The molecule has 1 heterocycles. The van der Waals surface area contributed by atoms with Crippen molar-refractivity contribution >= 4 is 28.6 Å². The number of nitrogens with one attached hydrogen (secondary N) is 1. The molecule has 0 bridgehead atoms. The second-order valence-electron chi connectivity index (χ2n) is 4.38. The van der Waals surface area contributed by atoms with E-state index in [9.17, 15) is 0 Å². The van der Waals surface area contributed by atoms with Crippen molar-refractivity contribution in [2.24, 2.45) is 0 Å². The number of nitrogens with zero attached hydrogens (tertiary/aromatic N) is 1. The van der Waals surface area contributed by atoms with Crippen molar-refractivity contribution in [2.45, 2.75) is 6.54 Å². The van der Waals surface area contributed by atoms with Crippen LogP contribution in [0.1, 0.15) is 4.88 Å². The van der Waals surface area contributed by atoms with E-state index in [0.717, 1.165) is 17.1 Å². The standard InChI is InChI=1S/C16H13ClN2S/c17-16-19-11-15(20-16)10-18-14-8-4-7-13(9-14)12-5-2-1-3-6-12/h1-9,11,18H,10H2. The molecular weight excluding hydrogens is 288 g/mol. The smallest absolute Gasteiger partial charge is 0.183 e. The lowest BCUT2D eigenvalue weighted by molar-refractivity contribution is 1.17. The average Bonchev–Trinajstić information content (AvgIpc) is 2.92. The van der Waals surface area contributed by atoms with Crippen LogP contribution in [0.4, 0.5) is 5.69 Å². The predicted octanol–water partition coefficient (Wildman–Crippen LogP) is 5.08. The van der Waals surface area contributed by atoms with E-state index in [4.69, 9.17) is 11.6 Å². The van der Waals surface area contributed by atoms with Crippen LogP contribution in [0.3, 0.4) is 0 Å². The SMILES string of the molecule is Clc1ncc(CNc2cccc(-c3ccccc3)c2)s1. The van der Waals surface area contributed by atoms with Gasteiger partial charge in [0.05, 0.1) is 6.54 Å². The highest BCUT2D eigenvalue weighted by Crippen LogP contribution is 2.23. The van der Waals surface area contributed by atoms with Gasteiger partial charge < -0.3 is 5.32 Å². The van der Waals surface area contributed by atoms with Crippen LogP contribution in [-0.4, -0.2) is 4.98 Å². The van der Waals surface area contributed by atoms with Crippen LogP contribution in [0.25, 0.3) is 11.1 Å². The van der Waals surface area contributed by atoms with E-state index < -0.39 is 0 Å². The molecule has 0 aliphatic heterocycles. The van der Waals surface area contributed by atoms with Gasteiger partial charge in [0.15, 0.2) is 4.47 Å². The van der Waals surface area contributed by atoms with Gasteiger partial charge in [0.2, 0.25) is 0 Å². The van der Waals surface area contributed by atoms with E-state index in [1.807, 2.05) is 6.07 Å². The highest BCUT2D eigenvalue weighted by atomic mass is 35.5. The maximum atomic E-state index is 5.83. The summed E-state index contributed by atoms with van der Waals surface area (Å²) in [7, 11) is 0. The number of benzene rings is 2. The van der Waals surface area contributed by atoms with Gasteiger partial charge >= 0.3 is 0 Å². The van der Waals surface area contributed by atoms with Crippen LogP contribution in [-0.2, 0) is 6.54 Å². The van der Waals surface area contributed by atoms with E-state index in [1.54, 1.807) is 6.20 Å². The third kappa shape index (κ3) is 3.18. The number of rotatable bonds is 4. The van der Waals surface area contributed by atoms with Crippen molar-refractivity contribution in [3.05, 3.63) is 70.1 Å². The molecule has 3 rings (SSSR count). The zero-order chi connectivity index (χ0) is 13.8. The van der Waals surface area contributed by atoms with Crippen LogP contribution in [0, 0.1) is 0 Å². The lowest BCUT2D eigenvalue weighted by atomic mass is 10.1. The Morgan fingerprint density at radius 1 is 1.00 bits per heavy atom. The van der Waals surface area contributed by atoms with E-state index in [1.165, 1.54) is 22.5 Å². The zero-order valence-corrected chi connectivity index (χ0v) is 12.3. The third-order valence-electron chi connectivity index (χ3n) is 2.96. The Morgan fingerprint density at radius 2 is 1.80 bits per heavy atom. The summed E-state index contributed by atoms with van der Waals surface area (Å²) in [6, 6.07) is 18.7. The molecule has 0 aliphatic carbocycles.